The molecule has 3 aromatic heterocycles. The number of oxazole rings is 1. The van der Waals surface area contributed by atoms with E-state index in [1.54, 1.807) is 6.20 Å². The summed E-state index contributed by atoms with van der Waals surface area (Å²) in [6, 6.07) is 13.3. The summed E-state index contributed by atoms with van der Waals surface area (Å²) in [6.45, 7) is 1.97. The van der Waals surface area contributed by atoms with Gasteiger partial charge in [0.25, 0.3) is 5.91 Å². The Kier molecular flexibility index (Phi) is 4.28. The van der Waals surface area contributed by atoms with Crippen molar-refractivity contribution in [3.05, 3.63) is 71.6 Å². The molecule has 0 bridgehead atoms. The van der Waals surface area contributed by atoms with E-state index in [0.29, 0.717) is 11.0 Å². The molecule has 0 aliphatic heterocycles. The van der Waals surface area contributed by atoms with E-state index in [-0.39, 0.29) is 5.76 Å². The van der Waals surface area contributed by atoms with Gasteiger partial charge in [-0.15, -0.1) is 11.3 Å². The molecule has 4 aromatic rings. The van der Waals surface area contributed by atoms with E-state index < -0.39 is 5.91 Å². The average molecular weight is 362 g/mol. The van der Waals surface area contributed by atoms with Gasteiger partial charge in [0.1, 0.15) is 5.69 Å². The van der Waals surface area contributed by atoms with Crippen LogP contribution in [0.1, 0.15) is 16.1 Å². The number of nitrogens with zero attached hydrogens (tertiary/aromatic N) is 3. The molecule has 128 valence electrons. The lowest BCUT2D eigenvalue weighted by molar-refractivity contribution is 0.0997. The largest absolute Gasteiger partial charge is 0.431 e. The normalized spacial score (nSPS) is 10.7. The van der Waals surface area contributed by atoms with Crippen LogP contribution in [0.3, 0.4) is 0 Å². The van der Waals surface area contributed by atoms with Crippen LogP contribution in [-0.2, 0) is 0 Å². The standard InChI is InChI=1S/C19H14N4O2S/c1-12-6-5-9-20-16(12)14-11-26-19(22-14)23-17(24)15-10-21-18(25-15)13-7-3-2-4-8-13/h2-11H,1H3,(H,22,23,24). The summed E-state index contributed by atoms with van der Waals surface area (Å²) in [7, 11) is 0. The number of pyridine rings is 1. The van der Waals surface area contributed by atoms with Gasteiger partial charge in [-0.3, -0.25) is 15.1 Å². The second-order valence-electron chi connectivity index (χ2n) is 5.56. The maximum Gasteiger partial charge on any atom is 0.294 e. The molecule has 1 aromatic carbocycles. The fourth-order valence-electron chi connectivity index (χ4n) is 2.45. The lowest BCUT2D eigenvalue weighted by Crippen LogP contribution is -2.10. The number of anilines is 1. The van der Waals surface area contributed by atoms with Gasteiger partial charge < -0.3 is 4.42 Å². The maximum atomic E-state index is 12.4. The Morgan fingerprint density at radius 1 is 1.12 bits per heavy atom. The molecule has 26 heavy (non-hydrogen) atoms. The van der Waals surface area contributed by atoms with Crippen LogP contribution in [0.15, 0.2) is 64.7 Å². The number of benzene rings is 1. The maximum absolute atomic E-state index is 12.4. The molecule has 0 atom stereocenters. The minimum absolute atomic E-state index is 0.134. The number of rotatable bonds is 4. The molecule has 0 fully saturated rings. The summed E-state index contributed by atoms with van der Waals surface area (Å²) >= 11 is 1.33. The van der Waals surface area contributed by atoms with Gasteiger partial charge in [0.15, 0.2) is 5.13 Å². The van der Waals surface area contributed by atoms with Crippen molar-refractivity contribution in [2.24, 2.45) is 0 Å². The third kappa shape index (κ3) is 3.25. The quantitative estimate of drug-likeness (QED) is 0.581. The zero-order valence-corrected chi connectivity index (χ0v) is 14.7. The Balaban J connectivity index is 1.51. The Hall–Kier alpha value is -3.32. The number of amides is 1. The molecule has 0 aliphatic carbocycles. The predicted octanol–water partition coefficient (Wildman–Crippen LogP) is 4.42. The molecule has 0 saturated heterocycles. The number of thiazole rings is 1. The summed E-state index contributed by atoms with van der Waals surface area (Å²) in [6.07, 6.45) is 3.13. The SMILES string of the molecule is Cc1cccnc1-c1csc(NC(=O)c2cnc(-c3ccccc3)o2)n1. The van der Waals surface area contributed by atoms with Gasteiger partial charge >= 0.3 is 0 Å². The Labute approximate surface area is 153 Å². The first-order valence-corrected chi connectivity index (χ1v) is 8.79. The second-order valence-corrected chi connectivity index (χ2v) is 6.41. The van der Waals surface area contributed by atoms with Crippen molar-refractivity contribution in [2.45, 2.75) is 6.92 Å². The van der Waals surface area contributed by atoms with Crippen LogP contribution in [0, 0.1) is 6.92 Å². The zero-order chi connectivity index (χ0) is 17.9. The van der Waals surface area contributed by atoms with Crippen LogP contribution in [0.2, 0.25) is 0 Å². The van der Waals surface area contributed by atoms with Gasteiger partial charge in [0, 0.05) is 17.1 Å². The highest BCUT2D eigenvalue weighted by molar-refractivity contribution is 7.14. The lowest BCUT2D eigenvalue weighted by Gasteiger charge is -2.00. The summed E-state index contributed by atoms with van der Waals surface area (Å²) < 4.78 is 5.56. The van der Waals surface area contributed by atoms with Crippen molar-refractivity contribution in [2.75, 3.05) is 5.32 Å². The summed E-state index contributed by atoms with van der Waals surface area (Å²) in [5.41, 5.74) is 3.37. The van der Waals surface area contributed by atoms with E-state index in [4.69, 9.17) is 4.42 Å². The van der Waals surface area contributed by atoms with Crippen LogP contribution >= 0.6 is 11.3 Å². The fraction of sp³-hybridized carbons (Fsp3) is 0.0526. The van der Waals surface area contributed by atoms with Crippen LogP contribution in [-0.4, -0.2) is 20.9 Å². The Morgan fingerprint density at radius 2 is 1.96 bits per heavy atom. The Bertz CT molecular complexity index is 1060. The Morgan fingerprint density at radius 3 is 2.77 bits per heavy atom. The van der Waals surface area contributed by atoms with Crippen LogP contribution < -0.4 is 5.32 Å². The summed E-state index contributed by atoms with van der Waals surface area (Å²) in [5.74, 6) is 0.146. The van der Waals surface area contributed by atoms with Gasteiger partial charge in [-0.25, -0.2) is 9.97 Å². The molecule has 0 spiro atoms. The molecular formula is C19H14N4O2S. The number of carbonyl (C=O) groups excluding carboxylic acids is 1. The molecule has 0 saturated carbocycles. The molecule has 0 unspecified atom stereocenters. The molecule has 0 radical (unpaired) electrons. The zero-order valence-electron chi connectivity index (χ0n) is 13.8. The van der Waals surface area contributed by atoms with E-state index in [1.165, 1.54) is 17.5 Å². The smallest absolute Gasteiger partial charge is 0.294 e. The van der Waals surface area contributed by atoms with E-state index in [2.05, 4.69) is 20.3 Å². The molecule has 7 heteroatoms. The van der Waals surface area contributed by atoms with Crippen molar-refractivity contribution in [1.29, 1.82) is 0 Å². The number of hydrogen-bond acceptors (Lipinski definition) is 6. The van der Waals surface area contributed by atoms with Crippen LogP contribution in [0.4, 0.5) is 5.13 Å². The average Bonchev–Trinajstić information content (AvgIpc) is 3.33. The first-order valence-electron chi connectivity index (χ1n) is 7.91. The number of aryl methyl sites for hydroxylation is 1. The molecule has 1 N–H and O–H groups in total. The van der Waals surface area contributed by atoms with E-state index >= 15 is 0 Å². The van der Waals surface area contributed by atoms with Crippen molar-refractivity contribution >= 4 is 22.4 Å². The first-order chi connectivity index (χ1) is 12.7. The highest BCUT2D eigenvalue weighted by Gasteiger charge is 2.16. The minimum atomic E-state index is -0.390. The topological polar surface area (TPSA) is 80.9 Å². The predicted molar refractivity (Wildman–Crippen MR) is 100.0 cm³/mol. The molecule has 0 aliphatic rings. The fourth-order valence-corrected chi connectivity index (χ4v) is 3.14. The van der Waals surface area contributed by atoms with Gasteiger partial charge in [-0.2, -0.15) is 0 Å². The molecule has 6 nitrogen and oxygen atoms in total. The van der Waals surface area contributed by atoms with E-state index in [1.807, 2.05) is 54.8 Å². The molecule has 4 rings (SSSR count). The van der Waals surface area contributed by atoms with Crippen molar-refractivity contribution in [3.63, 3.8) is 0 Å². The van der Waals surface area contributed by atoms with Crippen molar-refractivity contribution in [1.82, 2.24) is 15.0 Å². The van der Waals surface area contributed by atoms with Gasteiger partial charge in [0.2, 0.25) is 11.7 Å². The summed E-state index contributed by atoms with van der Waals surface area (Å²) in [5, 5.41) is 5.08. The number of nitrogens with one attached hydrogen (secondary N) is 1. The number of carbonyl (C=O) groups is 1. The van der Waals surface area contributed by atoms with Crippen molar-refractivity contribution in [3.8, 4) is 22.8 Å². The van der Waals surface area contributed by atoms with Crippen molar-refractivity contribution < 1.29 is 9.21 Å². The number of hydrogen-bond donors (Lipinski definition) is 1. The van der Waals surface area contributed by atoms with Gasteiger partial charge in [-0.05, 0) is 30.7 Å². The molecular weight excluding hydrogens is 348 g/mol. The second kappa shape index (κ2) is 6.89. The van der Waals surface area contributed by atoms with E-state index in [9.17, 15) is 4.79 Å². The molecule has 1 amide bonds. The number of aromatic nitrogens is 3. The monoisotopic (exact) mass is 362 g/mol. The van der Waals surface area contributed by atoms with Crippen LogP contribution in [0.5, 0.6) is 0 Å². The third-order valence-corrected chi connectivity index (χ3v) is 4.48. The van der Waals surface area contributed by atoms with Gasteiger partial charge in [0.05, 0.1) is 11.9 Å². The van der Waals surface area contributed by atoms with E-state index in [0.717, 1.165) is 22.5 Å². The molecule has 3 heterocycles. The summed E-state index contributed by atoms with van der Waals surface area (Å²) in [4.78, 5) is 25.3. The minimum Gasteiger partial charge on any atom is -0.431 e. The lowest BCUT2D eigenvalue weighted by atomic mass is 10.2. The third-order valence-electron chi connectivity index (χ3n) is 3.73. The van der Waals surface area contributed by atoms with Crippen LogP contribution in [0.25, 0.3) is 22.8 Å². The highest BCUT2D eigenvalue weighted by Crippen LogP contribution is 2.26. The highest BCUT2D eigenvalue weighted by atomic mass is 32.1. The first kappa shape index (κ1) is 16.2. The van der Waals surface area contributed by atoms with Gasteiger partial charge in [-0.1, -0.05) is 24.3 Å².